The number of ketones is 1. The van der Waals surface area contributed by atoms with E-state index in [9.17, 15) is 9.59 Å². The Hall–Kier alpha value is -1.73. The summed E-state index contributed by atoms with van der Waals surface area (Å²) in [5.41, 5.74) is 2.44. The Kier molecular flexibility index (Phi) is 4.20. The molecule has 0 aliphatic rings. The third-order valence-electron chi connectivity index (χ3n) is 2.84. The van der Waals surface area contributed by atoms with Crippen LogP contribution in [0.2, 0.25) is 4.34 Å². The third kappa shape index (κ3) is 2.73. The zero-order valence-electron chi connectivity index (χ0n) is 11.1. The summed E-state index contributed by atoms with van der Waals surface area (Å²) in [6.07, 6.45) is 0. The average molecular weight is 314 g/mol. The molecule has 0 aromatic carbocycles. The van der Waals surface area contributed by atoms with E-state index in [2.05, 4.69) is 14.6 Å². The molecule has 0 bridgehead atoms. The lowest BCUT2D eigenvalue weighted by atomic mass is 10.1. The lowest BCUT2D eigenvalue weighted by Gasteiger charge is -2.02. The molecule has 0 saturated carbocycles. The van der Waals surface area contributed by atoms with Crippen molar-refractivity contribution in [2.75, 3.05) is 0 Å². The lowest BCUT2D eigenvalue weighted by molar-refractivity contribution is 0.0460. The molecule has 0 unspecified atom stereocenters. The fourth-order valence-corrected chi connectivity index (χ4v) is 2.57. The maximum absolute atomic E-state index is 12.0. The zero-order valence-corrected chi connectivity index (χ0v) is 12.7. The molecule has 0 atom stereocenters. The number of aromatic amines is 1. The lowest BCUT2D eigenvalue weighted by Crippen LogP contribution is -2.08. The molecule has 2 rings (SSSR count). The minimum atomic E-state index is -0.554. The number of nitrogens with one attached hydrogen (secondary N) is 1. The van der Waals surface area contributed by atoms with E-state index >= 15 is 0 Å². The second-order valence-corrected chi connectivity index (χ2v) is 5.61. The topological polar surface area (TPSA) is 84.9 Å². The van der Waals surface area contributed by atoms with Crippen molar-refractivity contribution in [1.82, 2.24) is 14.6 Å². The molecule has 0 fully saturated rings. The number of carbonyl (C=O) groups excluding carboxylic acids is 2. The number of hydrogen-bond donors (Lipinski definition) is 1. The highest BCUT2D eigenvalue weighted by Crippen LogP contribution is 2.21. The summed E-state index contributed by atoms with van der Waals surface area (Å²) in [5.74, 6) is -0.649. The molecule has 2 aromatic heterocycles. The molecule has 0 spiro atoms. The minimum Gasteiger partial charge on any atom is -0.454 e. The number of Topliss-reactive ketones (excluding diaryl/α,β-unsaturated/α-hetero) is 1. The Bertz CT molecular complexity index is 678. The van der Waals surface area contributed by atoms with Crippen LogP contribution in [0.4, 0.5) is 0 Å². The van der Waals surface area contributed by atoms with E-state index in [1.165, 1.54) is 6.92 Å². The highest BCUT2D eigenvalue weighted by molar-refractivity contribution is 7.10. The van der Waals surface area contributed by atoms with Gasteiger partial charge in [-0.3, -0.25) is 4.79 Å². The van der Waals surface area contributed by atoms with Crippen molar-refractivity contribution in [2.24, 2.45) is 0 Å². The summed E-state index contributed by atoms with van der Waals surface area (Å²) in [7, 11) is 0. The van der Waals surface area contributed by atoms with Crippen molar-refractivity contribution in [3.05, 3.63) is 32.5 Å². The van der Waals surface area contributed by atoms with Gasteiger partial charge < -0.3 is 9.72 Å². The monoisotopic (exact) mass is 313 g/mol. The first-order valence-corrected chi connectivity index (χ1v) is 6.91. The second kappa shape index (κ2) is 5.72. The zero-order chi connectivity index (χ0) is 14.9. The average Bonchev–Trinajstić information content (AvgIpc) is 2.90. The van der Waals surface area contributed by atoms with Crippen molar-refractivity contribution in [3.63, 3.8) is 0 Å². The summed E-state index contributed by atoms with van der Waals surface area (Å²) >= 11 is 6.85. The number of ether oxygens (including phenoxy) is 1. The number of aromatic nitrogens is 3. The maximum atomic E-state index is 12.0. The number of nitrogens with zero attached hydrogens (tertiary/aromatic N) is 2. The third-order valence-corrected chi connectivity index (χ3v) is 3.83. The number of halogens is 1. The van der Waals surface area contributed by atoms with Gasteiger partial charge in [0.1, 0.15) is 22.3 Å². The fraction of sp³-hybridized carbons (Fsp3) is 0.333. The Labute approximate surface area is 124 Å². The van der Waals surface area contributed by atoms with Crippen LogP contribution in [-0.4, -0.2) is 26.3 Å². The van der Waals surface area contributed by atoms with Crippen molar-refractivity contribution < 1.29 is 14.3 Å². The van der Waals surface area contributed by atoms with Crippen LogP contribution in [0.1, 0.15) is 44.7 Å². The molecule has 0 radical (unpaired) electrons. The molecule has 0 aliphatic heterocycles. The van der Waals surface area contributed by atoms with Crippen LogP contribution in [-0.2, 0) is 11.3 Å². The van der Waals surface area contributed by atoms with Gasteiger partial charge in [0.15, 0.2) is 5.78 Å². The van der Waals surface area contributed by atoms with E-state index in [0.717, 1.165) is 11.5 Å². The van der Waals surface area contributed by atoms with Crippen LogP contribution in [0.5, 0.6) is 0 Å². The predicted octanol–water partition coefficient (Wildman–Crippen LogP) is 2.70. The molecule has 0 saturated heterocycles. The van der Waals surface area contributed by atoms with Crippen molar-refractivity contribution in [2.45, 2.75) is 27.4 Å². The first-order chi connectivity index (χ1) is 9.41. The molecule has 106 valence electrons. The molecular formula is C12H12ClN3O3S. The number of aryl methyl sites for hydroxylation is 1. The van der Waals surface area contributed by atoms with E-state index in [1.54, 1.807) is 13.8 Å². The fourth-order valence-electron chi connectivity index (χ4n) is 1.97. The Morgan fingerprint density at radius 3 is 2.60 bits per heavy atom. The van der Waals surface area contributed by atoms with E-state index in [0.29, 0.717) is 26.9 Å². The van der Waals surface area contributed by atoms with E-state index in [-0.39, 0.29) is 18.1 Å². The van der Waals surface area contributed by atoms with Crippen LogP contribution in [0.3, 0.4) is 0 Å². The number of H-pyrrole nitrogens is 1. The number of rotatable bonds is 4. The van der Waals surface area contributed by atoms with Crippen LogP contribution < -0.4 is 0 Å². The van der Waals surface area contributed by atoms with E-state index < -0.39 is 5.97 Å². The van der Waals surface area contributed by atoms with Gasteiger partial charge in [0.2, 0.25) is 0 Å². The Balaban J connectivity index is 2.16. The van der Waals surface area contributed by atoms with Gasteiger partial charge in [-0.25, -0.2) is 4.79 Å². The van der Waals surface area contributed by atoms with Gasteiger partial charge in [0.05, 0.1) is 0 Å². The van der Waals surface area contributed by atoms with E-state index in [1.807, 2.05) is 0 Å². The molecule has 6 nitrogen and oxygen atoms in total. The van der Waals surface area contributed by atoms with Crippen LogP contribution >= 0.6 is 23.1 Å². The first-order valence-electron chi connectivity index (χ1n) is 5.75. The normalized spacial score (nSPS) is 10.6. The van der Waals surface area contributed by atoms with Crippen LogP contribution in [0.25, 0.3) is 0 Å². The highest BCUT2D eigenvalue weighted by Gasteiger charge is 2.21. The maximum Gasteiger partial charge on any atom is 0.355 e. The molecular weight excluding hydrogens is 302 g/mol. The molecule has 1 N–H and O–H groups in total. The molecule has 2 heterocycles. The summed E-state index contributed by atoms with van der Waals surface area (Å²) in [4.78, 5) is 26.4. The largest absolute Gasteiger partial charge is 0.454 e. The highest BCUT2D eigenvalue weighted by atomic mass is 35.5. The van der Waals surface area contributed by atoms with Gasteiger partial charge in [-0.15, -0.1) is 5.10 Å². The molecule has 0 amide bonds. The van der Waals surface area contributed by atoms with Gasteiger partial charge in [0, 0.05) is 22.8 Å². The van der Waals surface area contributed by atoms with Gasteiger partial charge in [0.25, 0.3) is 0 Å². The van der Waals surface area contributed by atoms with Crippen LogP contribution in [0, 0.1) is 13.8 Å². The minimum absolute atomic E-state index is 0.0545. The van der Waals surface area contributed by atoms with Crippen LogP contribution in [0.15, 0.2) is 0 Å². The van der Waals surface area contributed by atoms with Gasteiger partial charge in [-0.05, 0) is 26.3 Å². The molecule has 0 aliphatic carbocycles. The number of hydrogen-bond acceptors (Lipinski definition) is 6. The van der Waals surface area contributed by atoms with Crippen molar-refractivity contribution >= 4 is 34.9 Å². The molecule has 8 heteroatoms. The Morgan fingerprint density at radius 1 is 1.40 bits per heavy atom. The molecule has 20 heavy (non-hydrogen) atoms. The predicted molar refractivity (Wildman–Crippen MR) is 74.3 cm³/mol. The second-order valence-electron chi connectivity index (χ2n) is 4.25. The summed E-state index contributed by atoms with van der Waals surface area (Å²) in [5, 5.41) is 3.75. The smallest absolute Gasteiger partial charge is 0.355 e. The quantitative estimate of drug-likeness (QED) is 0.693. The van der Waals surface area contributed by atoms with Gasteiger partial charge in [-0.2, -0.15) is 0 Å². The van der Waals surface area contributed by atoms with E-state index in [4.69, 9.17) is 16.3 Å². The molecule has 2 aromatic rings. The SMILES string of the molecule is CC(=O)c1c(C)[nH]c(C(=O)OCc2nnsc2Cl)c1C. The van der Waals surface area contributed by atoms with Crippen molar-refractivity contribution in [3.8, 4) is 0 Å². The number of esters is 1. The number of carbonyl (C=O) groups is 2. The van der Waals surface area contributed by atoms with Crippen molar-refractivity contribution in [1.29, 1.82) is 0 Å². The first kappa shape index (κ1) is 14.7. The summed E-state index contributed by atoms with van der Waals surface area (Å²) in [6.45, 7) is 4.84. The summed E-state index contributed by atoms with van der Waals surface area (Å²) < 4.78 is 9.16. The van der Waals surface area contributed by atoms with Gasteiger partial charge in [-0.1, -0.05) is 16.1 Å². The van der Waals surface area contributed by atoms with Gasteiger partial charge >= 0.3 is 5.97 Å². The summed E-state index contributed by atoms with van der Waals surface area (Å²) in [6, 6.07) is 0. The Morgan fingerprint density at radius 2 is 2.10 bits per heavy atom. The standard InChI is InChI=1S/C12H12ClN3O3S/c1-5-9(7(3)17)6(2)14-10(5)12(18)19-4-8-11(13)20-16-15-8/h14H,4H2,1-3H3.